The van der Waals surface area contributed by atoms with E-state index < -0.39 is 21.9 Å². The van der Waals surface area contributed by atoms with Gasteiger partial charge in [0.25, 0.3) is 0 Å². The van der Waals surface area contributed by atoms with Gasteiger partial charge in [-0.2, -0.15) is 0 Å². The molecule has 0 amide bonds. The van der Waals surface area contributed by atoms with Gasteiger partial charge in [-0.25, -0.2) is 17.5 Å². The molecule has 0 spiro atoms. The van der Waals surface area contributed by atoms with Gasteiger partial charge in [0.05, 0.1) is 11.0 Å². The van der Waals surface area contributed by atoms with E-state index in [-0.39, 0.29) is 6.54 Å². The minimum absolute atomic E-state index is 0.160. The standard InChI is InChI=1S/C18H18FNO3S/c19-16-8-5-14(6-9-16)18(21)12-20-24(22,23)17-10-7-13-3-1-2-4-15(13)11-17/h1-6,8-9,11,18,20-21H,7,10,12H2. The number of halogens is 1. The van der Waals surface area contributed by atoms with Crippen LogP contribution in [0.4, 0.5) is 4.39 Å². The molecule has 0 saturated carbocycles. The quantitative estimate of drug-likeness (QED) is 0.874. The SMILES string of the molecule is O=S(=O)(NCC(O)c1ccc(F)cc1)C1=Cc2ccccc2CC1. The summed E-state index contributed by atoms with van der Waals surface area (Å²) in [7, 11) is -3.66. The molecule has 0 radical (unpaired) electrons. The zero-order valence-electron chi connectivity index (χ0n) is 12.9. The van der Waals surface area contributed by atoms with Crippen LogP contribution in [-0.2, 0) is 16.4 Å². The van der Waals surface area contributed by atoms with Gasteiger partial charge in [-0.3, -0.25) is 0 Å². The summed E-state index contributed by atoms with van der Waals surface area (Å²) in [6.07, 6.45) is 1.74. The maximum Gasteiger partial charge on any atom is 0.236 e. The number of aliphatic hydroxyl groups excluding tert-OH is 1. The number of aryl methyl sites for hydroxylation is 1. The number of aliphatic hydroxyl groups is 1. The predicted molar refractivity (Wildman–Crippen MR) is 91.0 cm³/mol. The lowest BCUT2D eigenvalue weighted by molar-refractivity contribution is 0.182. The highest BCUT2D eigenvalue weighted by Gasteiger charge is 2.22. The minimum atomic E-state index is -3.66. The molecule has 0 bridgehead atoms. The van der Waals surface area contributed by atoms with Gasteiger partial charge in [-0.05, 0) is 47.7 Å². The van der Waals surface area contributed by atoms with E-state index in [9.17, 15) is 17.9 Å². The van der Waals surface area contributed by atoms with Crippen molar-refractivity contribution in [3.8, 4) is 0 Å². The van der Waals surface area contributed by atoms with Crippen molar-refractivity contribution in [1.82, 2.24) is 4.72 Å². The first-order chi connectivity index (χ1) is 11.5. The molecular weight excluding hydrogens is 329 g/mol. The molecular formula is C18H18FNO3S. The van der Waals surface area contributed by atoms with E-state index in [4.69, 9.17) is 0 Å². The van der Waals surface area contributed by atoms with Crippen molar-refractivity contribution in [2.45, 2.75) is 18.9 Å². The lowest BCUT2D eigenvalue weighted by Crippen LogP contribution is -2.30. The van der Waals surface area contributed by atoms with Crippen LogP contribution in [-0.4, -0.2) is 20.1 Å². The number of hydrogen-bond donors (Lipinski definition) is 2. The lowest BCUT2D eigenvalue weighted by atomic mass is 9.98. The van der Waals surface area contributed by atoms with Crippen molar-refractivity contribution >= 4 is 16.1 Å². The lowest BCUT2D eigenvalue weighted by Gasteiger charge is -2.18. The van der Waals surface area contributed by atoms with Crippen LogP contribution in [0.5, 0.6) is 0 Å². The van der Waals surface area contributed by atoms with Crippen LogP contribution in [0.3, 0.4) is 0 Å². The van der Waals surface area contributed by atoms with Crippen molar-refractivity contribution in [3.05, 3.63) is 75.9 Å². The third-order valence-electron chi connectivity index (χ3n) is 4.08. The smallest absolute Gasteiger partial charge is 0.236 e. The first-order valence-electron chi connectivity index (χ1n) is 7.67. The third kappa shape index (κ3) is 3.72. The molecule has 126 valence electrons. The van der Waals surface area contributed by atoms with Crippen molar-refractivity contribution < 1.29 is 17.9 Å². The Balaban J connectivity index is 1.71. The van der Waals surface area contributed by atoms with Gasteiger partial charge >= 0.3 is 0 Å². The second-order valence-electron chi connectivity index (χ2n) is 5.73. The Labute approximate surface area is 140 Å². The number of rotatable bonds is 5. The van der Waals surface area contributed by atoms with Crippen molar-refractivity contribution in [2.24, 2.45) is 0 Å². The highest BCUT2D eigenvalue weighted by Crippen LogP contribution is 2.26. The molecule has 2 aromatic rings. The van der Waals surface area contributed by atoms with Crippen LogP contribution in [0.1, 0.15) is 29.2 Å². The van der Waals surface area contributed by atoms with E-state index in [2.05, 4.69) is 4.72 Å². The Kier molecular flexibility index (Phi) is 4.80. The minimum Gasteiger partial charge on any atom is -0.387 e. The number of hydrogen-bond acceptors (Lipinski definition) is 3. The molecule has 6 heteroatoms. The summed E-state index contributed by atoms with van der Waals surface area (Å²) in [5, 5.41) is 10.1. The normalized spacial score (nSPS) is 15.5. The summed E-state index contributed by atoms with van der Waals surface area (Å²) < 4.78 is 40.2. The van der Waals surface area contributed by atoms with E-state index >= 15 is 0 Å². The highest BCUT2D eigenvalue weighted by atomic mass is 32.2. The first kappa shape index (κ1) is 16.8. The molecule has 2 N–H and O–H groups in total. The summed E-state index contributed by atoms with van der Waals surface area (Å²) in [5.41, 5.74) is 2.49. The Hall–Kier alpha value is -2.02. The Morgan fingerprint density at radius 1 is 1.08 bits per heavy atom. The average molecular weight is 347 g/mol. The number of benzene rings is 2. The van der Waals surface area contributed by atoms with Gasteiger partial charge in [0.2, 0.25) is 10.0 Å². The molecule has 4 nitrogen and oxygen atoms in total. The molecule has 1 unspecified atom stereocenters. The molecule has 0 fully saturated rings. The predicted octanol–water partition coefficient (Wildman–Crippen LogP) is 2.77. The fourth-order valence-corrected chi connectivity index (χ4v) is 3.92. The van der Waals surface area contributed by atoms with Gasteiger partial charge in [-0.15, -0.1) is 0 Å². The average Bonchev–Trinajstić information content (AvgIpc) is 2.60. The second-order valence-corrected chi connectivity index (χ2v) is 7.55. The topological polar surface area (TPSA) is 66.4 Å². The van der Waals surface area contributed by atoms with Gasteiger partial charge in [0.1, 0.15) is 5.82 Å². The maximum atomic E-state index is 12.9. The van der Waals surface area contributed by atoms with Gasteiger partial charge in [-0.1, -0.05) is 36.4 Å². The van der Waals surface area contributed by atoms with Gasteiger partial charge < -0.3 is 5.11 Å². The third-order valence-corrected chi connectivity index (χ3v) is 5.64. The summed E-state index contributed by atoms with van der Waals surface area (Å²) >= 11 is 0. The zero-order valence-corrected chi connectivity index (χ0v) is 13.8. The molecule has 3 rings (SSSR count). The molecule has 24 heavy (non-hydrogen) atoms. The van der Waals surface area contributed by atoms with Crippen LogP contribution in [0.25, 0.3) is 6.08 Å². The molecule has 0 aliphatic heterocycles. The van der Waals surface area contributed by atoms with E-state index in [1.165, 1.54) is 24.3 Å². The summed E-state index contributed by atoms with van der Waals surface area (Å²) in [5.74, 6) is -0.405. The molecule has 1 atom stereocenters. The molecule has 0 saturated heterocycles. The summed E-state index contributed by atoms with van der Waals surface area (Å²) in [4.78, 5) is 0.313. The molecule has 0 heterocycles. The Morgan fingerprint density at radius 2 is 1.79 bits per heavy atom. The fraction of sp³-hybridized carbons (Fsp3) is 0.222. The Morgan fingerprint density at radius 3 is 2.54 bits per heavy atom. The second kappa shape index (κ2) is 6.84. The van der Waals surface area contributed by atoms with Crippen LogP contribution < -0.4 is 4.72 Å². The molecule has 1 aliphatic rings. The van der Waals surface area contributed by atoms with Gasteiger partial charge in [0.15, 0.2) is 0 Å². The Bertz CT molecular complexity index is 860. The van der Waals surface area contributed by atoms with Gasteiger partial charge in [0, 0.05) is 6.54 Å². The van der Waals surface area contributed by atoms with E-state index in [0.29, 0.717) is 23.3 Å². The summed E-state index contributed by atoms with van der Waals surface area (Å²) in [6, 6.07) is 13.0. The number of sulfonamides is 1. The molecule has 1 aliphatic carbocycles. The van der Waals surface area contributed by atoms with Crippen LogP contribution in [0.2, 0.25) is 0 Å². The fourth-order valence-electron chi connectivity index (χ4n) is 2.70. The van der Waals surface area contributed by atoms with Crippen molar-refractivity contribution in [1.29, 1.82) is 0 Å². The van der Waals surface area contributed by atoms with Crippen LogP contribution >= 0.6 is 0 Å². The van der Waals surface area contributed by atoms with E-state index in [1.54, 1.807) is 6.08 Å². The maximum absolute atomic E-state index is 12.9. The van der Waals surface area contributed by atoms with Crippen LogP contribution in [0, 0.1) is 5.82 Å². The monoisotopic (exact) mass is 347 g/mol. The largest absolute Gasteiger partial charge is 0.387 e. The molecule has 0 aromatic heterocycles. The summed E-state index contributed by atoms with van der Waals surface area (Å²) in [6.45, 7) is -0.160. The first-order valence-corrected chi connectivity index (χ1v) is 9.16. The van der Waals surface area contributed by atoms with Crippen molar-refractivity contribution in [3.63, 3.8) is 0 Å². The number of fused-ring (bicyclic) bond motifs is 1. The van der Waals surface area contributed by atoms with Crippen LogP contribution in [0.15, 0.2) is 53.4 Å². The van der Waals surface area contributed by atoms with E-state index in [0.717, 1.165) is 11.1 Å². The van der Waals surface area contributed by atoms with E-state index in [1.807, 2.05) is 24.3 Å². The van der Waals surface area contributed by atoms with Crippen molar-refractivity contribution in [2.75, 3.05) is 6.54 Å². The molecule has 2 aromatic carbocycles. The number of allylic oxidation sites excluding steroid dienone is 1. The highest BCUT2D eigenvalue weighted by molar-refractivity contribution is 7.93. The number of nitrogens with one attached hydrogen (secondary N) is 1. The zero-order chi connectivity index (χ0) is 17.2.